The molecule has 0 bridgehead atoms. The molecule has 0 saturated heterocycles. The maximum absolute atomic E-state index is 12.9. The molecule has 0 spiro atoms. The van der Waals surface area contributed by atoms with Gasteiger partial charge in [0.1, 0.15) is 0 Å². The van der Waals surface area contributed by atoms with Crippen molar-refractivity contribution < 1.29 is 22.2 Å². The van der Waals surface area contributed by atoms with E-state index in [9.17, 15) is 13.2 Å². The number of hydrogen-bond donors (Lipinski definition) is 0. The maximum Gasteiger partial charge on any atom is 0.416 e. The topological polar surface area (TPSA) is 42.8 Å². The van der Waals surface area contributed by atoms with Crippen molar-refractivity contribution in [1.82, 2.24) is 10.2 Å². The fraction of sp³-hybridized carbons (Fsp3) is 0.321. The zero-order valence-electron chi connectivity index (χ0n) is 19.7. The van der Waals surface area contributed by atoms with Crippen LogP contribution in [0.1, 0.15) is 44.2 Å². The Morgan fingerprint density at radius 3 is 2.34 bits per heavy atom. The van der Waals surface area contributed by atoms with Crippen molar-refractivity contribution in [1.29, 1.82) is 0 Å². The van der Waals surface area contributed by atoms with Crippen LogP contribution in [-0.4, -0.2) is 10.2 Å². The molecule has 1 saturated carbocycles. The highest BCUT2D eigenvalue weighted by molar-refractivity contribution is 5.71. The third-order valence-corrected chi connectivity index (χ3v) is 8.06. The Morgan fingerprint density at radius 1 is 0.971 bits per heavy atom. The molecule has 7 heteroatoms. The third kappa shape index (κ3) is 3.24. The van der Waals surface area contributed by atoms with E-state index in [1.54, 1.807) is 0 Å². The van der Waals surface area contributed by atoms with Crippen molar-refractivity contribution in [3.63, 3.8) is 0 Å². The van der Waals surface area contributed by atoms with Gasteiger partial charge in [0, 0.05) is 42.0 Å². The van der Waals surface area contributed by atoms with Crippen molar-refractivity contribution in [2.75, 3.05) is 0 Å². The molecule has 35 heavy (non-hydrogen) atoms. The molecular weight excluding hydrogens is 451 g/mol. The zero-order chi connectivity index (χ0) is 24.5. The predicted octanol–water partition coefficient (Wildman–Crippen LogP) is 6.87. The quantitative estimate of drug-likeness (QED) is 0.303. The van der Waals surface area contributed by atoms with Crippen LogP contribution in [0.5, 0.6) is 0 Å². The van der Waals surface area contributed by atoms with Gasteiger partial charge in [-0.05, 0) is 60.4 Å². The molecule has 1 aliphatic carbocycles. The molecule has 4 nitrogen and oxygen atoms in total. The lowest BCUT2D eigenvalue weighted by Gasteiger charge is -2.14. The van der Waals surface area contributed by atoms with E-state index in [1.165, 1.54) is 23.4 Å². The molecule has 2 aliphatic rings. The van der Waals surface area contributed by atoms with Crippen LogP contribution in [-0.2, 0) is 11.7 Å². The molecule has 4 aromatic rings. The number of aromatic nitrogens is 3. The second-order valence-electron chi connectivity index (χ2n) is 9.80. The number of halogens is 3. The lowest BCUT2D eigenvalue weighted by molar-refractivity contribution is -0.731. The first kappa shape index (κ1) is 22.0. The molecule has 1 fully saturated rings. The standard InChI is InChI=1S/C28H25F3N3O/c1-4-22-24-16(2)20-13-10-18(15-21(20)23-7-5-6-14-34(23)27(22,24)3)26-33-32-25(35-26)17-8-11-19(12-9-17)28(29,30)31/h5-16,22,24H,4H2,1-3H3/q+1. The Labute approximate surface area is 201 Å². The van der Waals surface area contributed by atoms with E-state index in [4.69, 9.17) is 4.42 Å². The van der Waals surface area contributed by atoms with Gasteiger partial charge in [0.2, 0.25) is 17.5 Å². The van der Waals surface area contributed by atoms with Crippen molar-refractivity contribution in [3.8, 4) is 34.2 Å². The molecule has 1 aliphatic heterocycles. The first-order valence-electron chi connectivity index (χ1n) is 11.9. The summed E-state index contributed by atoms with van der Waals surface area (Å²) in [6.45, 7) is 6.96. The fourth-order valence-electron chi connectivity index (χ4n) is 6.33. The van der Waals surface area contributed by atoms with Gasteiger partial charge in [-0.3, -0.25) is 0 Å². The Balaban J connectivity index is 1.40. The smallest absolute Gasteiger partial charge is 0.416 e. The van der Waals surface area contributed by atoms with Gasteiger partial charge in [-0.15, -0.1) is 10.2 Å². The minimum Gasteiger partial charge on any atom is -0.416 e. The van der Waals surface area contributed by atoms with Gasteiger partial charge in [0.25, 0.3) is 0 Å². The molecule has 2 aromatic carbocycles. The van der Waals surface area contributed by atoms with Gasteiger partial charge in [-0.25, -0.2) is 0 Å². The maximum atomic E-state index is 12.9. The summed E-state index contributed by atoms with van der Waals surface area (Å²) in [5.41, 5.74) is 4.22. The number of hydrogen-bond acceptors (Lipinski definition) is 3. The number of pyridine rings is 1. The summed E-state index contributed by atoms with van der Waals surface area (Å²) >= 11 is 0. The predicted molar refractivity (Wildman–Crippen MR) is 125 cm³/mol. The fourth-order valence-corrected chi connectivity index (χ4v) is 6.33. The number of fused-ring (bicyclic) bond motifs is 5. The molecular formula is C28H25F3N3O+. The van der Waals surface area contributed by atoms with Gasteiger partial charge in [-0.1, -0.05) is 19.9 Å². The van der Waals surface area contributed by atoms with Gasteiger partial charge >= 0.3 is 6.18 Å². The van der Waals surface area contributed by atoms with Gasteiger partial charge in [0.15, 0.2) is 11.7 Å². The van der Waals surface area contributed by atoms with E-state index in [-0.39, 0.29) is 11.4 Å². The van der Waals surface area contributed by atoms with Crippen LogP contribution in [0.4, 0.5) is 13.2 Å². The van der Waals surface area contributed by atoms with Crippen LogP contribution in [0, 0.1) is 11.8 Å². The highest BCUT2D eigenvalue weighted by Crippen LogP contribution is 2.63. The van der Waals surface area contributed by atoms with Crippen LogP contribution in [0.3, 0.4) is 0 Å². The van der Waals surface area contributed by atoms with Crippen molar-refractivity contribution in [2.45, 2.75) is 44.8 Å². The largest absolute Gasteiger partial charge is 0.416 e. The lowest BCUT2D eigenvalue weighted by atomic mass is 9.88. The molecule has 4 unspecified atom stereocenters. The first-order chi connectivity index (χ1) is 16.7. The zero-order valence-corrected chi connectivity index (χ0v) is 19.7. The van der Waals surface area contributed by atoms with E-state index in [2.05, 4.69) is 72.1 Å². The number of nitrogens with zero attached hydrogens (tertiary/aromatic N) is 3. The Hall–Kier alpha value is -3.48. The molecule has 0 N–H and O–H groups in total. The average molecular weight is 477 g/mol. The Kier molecular flexibility index (Phi) is 4.72. The Morgan fingerprint density at radius 2 is 1.66 bits per heavy atom. The summed E-state index contributed by atoms with van der Waals surface area (Å²) in [6, 6.07) is 17.3. The third-order valence-electron chi connectivity index (χ3n) is 8.06. The van der Waals surface area contributed by atoms with Gasteiger partial charge < -0.3 is 4.42 Å². The summed E-state index contributed by atoms with van der Waals surface area (Å²) in [7, 11) is 0. The molecule has 3 heterocycles. The van der Waals surface area contributed by atoms with E-state index in [0.717, 1.165) is 29.7 Å². The summed E-state index contributed by atoms with van der Waals surface area (Å²) < 4.78 is 47.0. The summed E-state index contributed by atoms with van der Waals surface area (Å²) in [5.74, 6) is 2.13. The average Bonchev–Trinajstić information content (AvgIpc) is 3.22. The molecule has 6 rings (SSSR count). The van der Waals surface area contributed by atoms with Crippen molar-refractivity contribution in [3.05, 3.63) is 78.0 Å². The SMILES string of the molecule is CCC1C2C(C)c3ccc(-c4nnc(-c5ccc(C(F)(F)F)cc5)o4)cc3-c3cccc[n+]3C12C. The molecule has 0 amide bonds. The van der Waals surface area contributed by atoms with Gasteiger partial charge in [-0.2, -0.15) is 17.7 Å². The number of benzene rings is 2. The Bertz CT molecular complexity index is 1430. The molecule has 0 radical (unpaired) electrons. The van der Waals surface area contributed by atoms with E-state index >= 15 is 0 Å². The highest BCUT2D eigenvalue weighted by Gasteiger charge is 2.71. The molecule has 2 aromatic heterocycles. The van der Waals surface area contributed by atoms with E-state index in [1.807, 2.05) is 6.07 Å². The minimum atomic E-state index is -4.39. The normalized spacial score (nSPS) is 24.8. The minimum absolute atomic E-state index is 0.0875. The molecule has 4 atom stereocenters. The lowest BCUT2D eigenvalue weighted by Crippen LogP contribution is -2.48. The van der Waals surface area contributed by atoms with Crippen LogP contribution < -0.4 is 4.57 Å². The van der Waals surface area contributed by atoms with Gasteiger partial charge in [0.05, 0.1) is 11.1 Å². The number of rotatable bonds is 3. The van der Waals surface area contributed by atoms with Crippen LogP contribution in [0.25, 0.3) is 34.2 Å². The van der Waals surface area contributed by atoms with Crippen LogP contribution in [0.2, 0.25) is 0 Å². The summed E-state index contributed by atoms with van der Waals surface area (Å²) in [6.07, 6.45) is -1.06. The summed E-state index contributed by atoms with van der Waals surface area (Å²) in [5, 5.41) is 8.29. The highest BCUT2D eigenvalue weighted by atomic mass is 19.4. The van der Waals surface area contributed by atoms with E-state index < -0.39 is 11.7 Å². The summed E-state index contributed by atoms with van der Waals surface area (Å²) in [4.78, 5) is 0. The number of alkyl halides is 3. The second kappa shape index (κ2) is 7.51. The van der Waals surface area contributed by atoms with Crippen LogP contribution in [0.15, 0.2) is 71.3 Å². The van der Waals surface area contributed by atoms with Crippen molar-refractivity contribution in [2.24, 2.45) is 11.8 Å². The van der Waals surface area contributed by atoms with E-state index in [0.29, 0.717) is 29.2 Å². The first-order valence-corrected chi connectivity index (χ1v) is 11.9. The monoisotopic (exact) mass is 476 g/mol. The van der Waals surface area contributed by atoms with Crippen LogP contribution >= 0.6 is 0 Å². The van der Waals surface area contributed by atoms with Crippen molar-refractivity contribution >= 4 is 0 Å². The second-order valence-corrected chi connectivity index (χ2v) is 9.80. The molecule has 178 valence electrons.